The van der Waals surface area contributed by atoms with Gasteiger partial charge in [0.25, 0.3) is 0 Å². The summed E-state index contributed by atoms with van der Waals surface area (Å²) in [7, 11) is 0. The molecule has 2 aromatic rings. The summed E-state index contributed by atoms with van der Waals surface area (Å²) in [4.78, 5) is 8.27. The van der Waals surface area contributed by atoms with E-state index >= 15 is 0 Å². The molecule has 4 heteroatoms. The predicted octanol–water partition coefficient (Wildman–Crippen LogP) is 2.27. The molecule has 1 aliphatic rings. The lowest BCUT2D eigenvalue weighted by Crippen LogP contribution is -1.97. The first-order valence-electron chi connectivity index (χ1n) is 5.66. The zero-order chi connectivity index (χ0) is 11.7. The Morgan fingerprint density at radius 2 is 2.12 bits per heavy atom. The predicted molar refractivity (Wildman–Crippen MR) is 65.5 cm³/mol. The minimum absolute atomic E-state index is 0.400. The molecular formula is C13H13N3O. The minimum atomic E-state index is 0.400. The SMILES string of the molecule is Nc1cncc(-c2cccc(OC3CC3)c2)n1. The first-order valence-corrected chi connectivity index (χ1v) is 5.66. The average molecular weight is 227 g/mol. The van der Waals surface area contributed by atoms with Gasteiger partial charge >= 0.3 is 0 Å². The van der Waals surface area contributed by atoms with E-state index in [1.165, 1.54) is 6.20 Å². The first-order chi connectivity index (χ1) is 8.31. The Hall–Kier alpha value is -2.10. The van der Waals surface area contributed by atoms with Crippen LogP contribution in [0.4, 0.5) is 5.82 Å². The van der Waals surface area contributed by atoms with E-state index in [4.69, 9.17) is 10.5 Å². The largest absolute Gasteiger partial charge is 0.490 e. The molecule has 1 heterocycles. The van der Waals surface area contributed by atoms with E-state index in [-0.39, 0.29) is 0 Å². The van der Waals surface area contributed by atoms with E-state index in [9.17, 15) is 0 Å². The number of nitrogens with zero attached hydrogens (tertiary/aromatic N) is 2. The summed E-state index contributed by atoms with van der Waals surface area (Å²) >= 11 is 0. The van der Waals surface area contributed by atoms with E-state index in [1.54, 1.807) is 6.20 Å². The molecule has 0 bridgehead atoms. The van der Waals surface area contributed by atoms with Gasteiger partial charge in [0.1, 0.15) is 11.6 Å². The molecule has 86 valence electrons. The molecular weight excluding hydrogens is 214 g/mol. The van der Waals surface area contributed by atoms with Gasteiger partial charge < -0.3 is 10.5 Å². The molecule has 0 radical (unpaired) electrons. The third-order valence-corrected chi connectivity index (χ3v) is 2.61. The third-order valence-electron chi connectivity index (χ3n) is 2.61. The van der Waals surface area contributed by atoms with Crippen molar-refractivity contribution >= 4 is 5.82 Å². The van der Waals surface area contributed by atoms with Gasteiger partial charge in [-0.05, 0) is 25.0 Å². The fourth-order valence-corrected chi connectivity index (χ4v) is 1.63. The van der Waals surface area contributed by atoms with Crippen LogP contribution in [0.3, 0.4) is 0 Å². The number of hydrogen-bond donors (Lipinski definition) is 1. The number of ether oxygens (including phenoxy) is 1. The van der Waals surface area contributed by atoms with Crippen LogP contribution in [0.5, 0.6) is 5.75 Å². The Balaban J connectivity index is 1.91. The van der Waals surface area contributed by atoms with Gasteiger partial charge in [0.05, 0.1) is 24.2 Å². The van der Waals surface area contributed by atoms with Crippen molar-refractivity contribution in [2.24, 2.45) is 0 Å². The number of aromatic nitrogens is 2. The van der Waals surface area contributed by atoms with Crippen molar-refractivity contribution in [1.82, 2.24) is 9.97 Å². The molecule has 1 aliphatic carbocycles. The number of benzene rings is 1. The van der Waals surface area contributed by atoms with Gasteiger partial charge in [-0.3, -0.25) is 4.98 Å². The van der Waals surface area contributed by atoms with Gasteiger partial charge in [0.15, 0.2) is 0 Å². The van der Waals surface area contributed by atoms with Crippen LogP contribution < -0.4 is 10.5 Å². The third kappa shape index (κ3) is 2.36. The maximum atomic E-state index is 5.74. The zero-order valence-corrected chi connectivity index (χ0v) is 9.34. The van der Waals surface area contributed by atoms with Gasteiger partial charge in [-0.15, -0.1) is 0 Å². The summed E-state index contributed by atoms with van der Waals surface area (Å²) in [5, 5.41) is 0. The van der Waals surface area contributed by atoms with Crippen molar-refractivity contribution in [3.05, 3.63) is 36.7 Å². The zero-order valence-electron chi connectivity index (χ0n) is 9.34. The van der Waals surface area contributed by atoms with E-state index in [2.05, 4.69) is 9.97 Å². The van der Waals surface area contributed by atoms with E-state index in [0.717, 1.165) is 29.8 Å². The molecule has 0 amide bonds. The molecule has 1 aromatic carbocycles. The Kier molecular flexibility index (Phi) is 2.40. The molecule has 1 fully saturated rings. The van der Waals surface area contributed by atoms with Crippen molar-refractivity contribution in [3.8, 4) is 17.0 Å². The molecule has 3 rings (SSSR count). The van der Waals surface area contributed by atoms with Crippen molar-refractivity contribution in [3.63, 3.8) is 0 Å². The van der Waals surface area contributed by atoms with Crippen molar-refractivity contribution in [2.45, 2.75) is 18.9 Å². The summed E-state index contributed by atoms with van der Waals surface area (Å²) < 4.78 is 5.74. The van der Waals surface area contributed by atoms with Crippen LogP contribution in [0.2, 0.25) is 0 Å². The number of hydrogen-bond acceptors (Lipinski definition) is 4. The molecule has 4 nitrogen and oxygen atoms in total. The average Bonchev–Trinajstić information content (AvgIpc) is 3.13. The molecule has 0 spiro atoms. The van der Waals surface area contributed by atoms with Crippen molar-refractivity contribution in [1.29, 1.82) is 0 Å². The molecule has 2 N–H and O–H groups in total. The lowest BCUT2D eigenvalue weighted by atomic mass is 10.1. The minimum Gasteiger partial charge on any atom is -0.490 e. The van der Waals surface area contributed by atoms with Crippen LogP contribution in [0, 0.1) is 0 Å². The molecule has 0 aliphatic heterocycles. The van der Waals surface area contributed by atoms with Crippen LogP contribution in [-0.2, 0) is 0 Å². The van der Waals surface area contributed by atoms with Gasteiger partial charge in [0.2, 0.25) is 0 Å². The molecule has 17 heavy (non-hydrogen) atoms. The molecule has 0 saturated heterocycles. The monoisotopic (exact) mass is 227 g/mol. The lowest BCUT2D eigenvalue weighted by molar-refractivity contribution is 0.303. The fourth-order valence-electron chi connectivity index (χ4n) is 1.63. The summed E-state index contributed by atoms with van der Waals surface area (Å²) in [5.41, 5.74) is 7.36. The van der Waals surface area contributed by atoms with Gasteiger partial charge in [0, 0.05) is 5.56 Å². The van der Waals surface area contributed by atoms with Crippen molar-refractivity contribution < 1.29 is 4.74 Å². The molecule has 1 aromatic heterocycles. The second kappa shape index (κ2) is 4.05. The Bertz CT molecular complexity index is 538. The topological polar surface area (TPSA) is 61.0 Å². The van der Waals surface area contributed by atoms with Gasteiger partial charge in [-0.25, -0.2) is 4.98 Å². The number of nitrogens with two attached hydrogens (primary N) is 1. The van der Waals surface area contributed by atoms with Gasteiger partial charge in [-0.1, -0.05) is 12.1 Å². The van der Waals surface area contributed by atoms with Crippen LogP contribution in [0.1, 0.15) is 12.8 Å². The maximum Gasteiger partial charge on any atom is 0.142 e. The lowest BCUT2D eigenvalue weighted by Gasteiger charge is -2.06. The highest BCUT2D eigenvalue weighted by Gasteiger charge is 2.23. The van der Waals surface area contributed by atoms with Crippen LogP contribution in [0.25, 0.3) is 11.3 Å². The number of anilines is 1. The Morgan fingerprint density at radius 1 is 1.24 bits per heavy atom. The number of rotatable bonds is 3. The highest BCUT2D eigenvalue weighted by Crippen LogP contribution is 2.29. The highest BCUT2D eigenvalue weighted by molar-refractivity contribution is 5.61. The van der Waals surface area contributed by atoms with Crippen LogP contribution in [0.15, 0.2) is 36.7 Å². The summed E-state index contributed by atoms with van der Waals surface area (Å²) in [6, 6.07) is 7.87. The molecule has 1 saturated carbocycles. The van der Waals surface area contributed by atoms with E-state index < -0.39 is 0 Å². The van der Waals surface area contributed by atoms with Gasteiger partial charge in [-0.2, -0.15) is 0 Å². The summed E-state index contributed by atoms with van der Waals surface area (Å²) in [6.45, 7) is 0. The highest BCUT2D eigenvalue weighted by atomic mass is 16.5. The van der Waals surface area contributed by atoms with E-state index in [0.29, 0.717) is 11.9 Å². The summed E-state index contributed by atoms with van der Waals surface area (Å²) in [6.07, 6.45) is 5.95. The second-order valence-corrected chi connectivity index (χ2v) is 4.17. The smallest absolute Gasteiger partial charge is 0.142 e. The number of nitrogen functional groups attached to an aromatic ring is 1. The second-order valence-electron chi connectivity index (χ2n) is 4.17. The summed E-state index contributed by atoms with van der Waals surface area (Å²) in [5.74, 6) is 1.31. The van der Waals surface area contributed by atoms with E-state index in [1.807, 2.05) is 24.3 Å². The van der Waals surface area contributed by atoms with Crippen LogP contribution >= 0.6 is 0 Å². The maximum absolute atomic E-state index is 5.74. The van der Waals surface area contributed by atoms with Crippen LogP contribution in [-0.4, -0.2) is 16.1 Å². The standard InChI is InChI=1S/C13H13N3O/c14-13-8-15-7-12(16-13)9-2-1-3-11(6-9)17-10-4-5-10/h1-3,6-8,10H,4-5H2,(H2,14,16). The normalized spacial score (nSPS) is 14.6. The Labute approximate surface area is 99.5 Å². The fraction of sp³-hybridized carbons (Fsp3) is 0.231. The quantitative estimate of drug-likeness (QED) is 0.873. The van der Waals surface area contributed by atoms with Crippen molar-refractivity contribution in [2.75, 3.05) is 5.73 Å². The molecule has 0 atom stereocenters. The first kappa shape index (κ1) is 10.1. The molecule has 0 unspecified atom stereocenters. The Morgan fingerprint density at radius 3 is 2.88 bits per heavy atom.